The molecule has 1 heterocycles. The summed E-state index contributed by atoms with van der Waals surface area (Å²) >= 11 is 6.41. The Labute approximate surface area is 117 Å². The topological polar surface area (TPSA) is 39.2 Å². The van der Waals surface area contributed by atoms with Crippen molar-refractivity contribution in [2.24, 2.45) is 0 Å². The van der Waals surface area contributed by atoms with Gasteiger partial charge in [-0.3, -0.25) is 4.79 Å². The Balaban J connectivity index is 2.90. The minimum absolute atomic E-state index is 0.0281. The third-order valence-electron chi connectivity index (χ3n) is 2.01. The van der Waals surface area contributed by atoms with Crippen molar-refractivity contribution in [1.82, 2.24) is 4.98 Å². The highest BCUT2D eigenvalue weighted by Gasteiger charge is 2.32. The van der Waals surface area contributed by atoms with Gasteiger partial charge in [0.25, 0.3) is 0 Å². The molecule has 0 aliphatic rings. The van der Waals surface area contributed by atoms with E-state index in [2.05, 4.69) is 4.98 Å². The van der Waals surface area contributed by atoms with Crippen LogP contribution in [0.15, 0.2) is 17.2 Å². The third-order valence-corrected chi connectivity index (χ3v) is 3.20. The van der Waals surface area contributed by atoms with E-state index in [0.717, 1.165) is 23.9 Å². The third kappa shape index (κ3) is 4.91. The summed E-state index contributed by atoms with van der Waals surface area (Å²) in [6.45, 7) is 3.38. The number of hydrogen-bond acceptors (Lipinski definition) is 4. The van der Waals surface area contributed by atoms with Crippen LogP contribution in [0.2, 0.25) is 5.15 Å². The van der Waals surface area contributed by atoms with Crippen LogP contribution in [0, 0.1) is 0 Å². The van der Waals surface area contributed by atoms with E-state index in [-0.39, 0.29) is 16.8 Å². The first kappa shape index (κ1) is 16.1. The highest BCUT2D eigenvalue weighted by molar-refractivity contribution is 8.00. The first-order chi connectivity index (χ1) is 8.74. The first-order valence-electron chi connectivity index (χ1n) is 5.32. The second-order valence-corrected chi connectivity index (χ2v) is 5.28. The van der Waals surface area contributed by atoms with Gasteiger partial charge in [0.15, 0.2) is 0 Å². The first-order valence-corrected chi connectivity index (χ1v) is 6.58. The fourth-order valence-electron chi connectivity index (χ4n) is 1.19. The maximum atomic E-state index is 12.6. The molecule has 1 rings (SSSR count). The molecule has 0 aromatic carbocycles. The zero-order chi connectivity index (χ0) is 14.6. The number of thioether (sulfide) groups is 1. The molecular formula is C11H11ClF3NO2S. The molecule has 0 radical (unpaired) electrons. The van der Waals surface area contributed by atoms with Gasteiger partial charge >= 0.3 is 12.1 Å². The molecule has 0 aliphatic carbocycles. The lowest BCUT2D eigenvalue weighted by Crippen LogP contribution is -2.17. The Bertz CT molecular complexity index is 468. The van der Waals surface area contributed by atoms with Crippen molar-refractivity contribution in [2.75, 3.05) is 6.61 Å². The van der Waals surface area contributed by atoms with Crippen molar-refractivity contribution >= 4 is 29.3 Å². The van der Waals surface area contributed by atoms with E-state index in [0.29, 0.717) is 0 Å². The molecule has 1 aromatic rings. The number of aromatic nitrogens is 1. The van der Waals surface area contributed by atoms with Crippen molar-refractivity contribution in [1.29, 1.82) is 0 Å². The summed E-state index contributed by atoms with van der Waals surface area (Å²) in [4.78, 5) is 15.1. The molecule has 0 saturated heterocycles. The van der Waals surface area contributed by atoms with E-state index in [9.17, 15) is 18.0 Å². The van der Waals surface area contributed by atoms with Gasteiger partial charge in [-0.1, -0.05) is 23.4 Å². The molecule has 0 amide bonds. The van der Waals surface area contributed by atoms with Crippen LogP contribution in [0.3, 0.4) is 0 Å². The van der Waals surface area contributed by atoms with Crippen LogP contribution in [0.1, 0.15) is 19.4 Å². The highest BCUT2D eigenvalue weighted by Crippen LogP contribution is 2.34. The average Bonchev–Trinajstić information content (AvgIpc) is 2.27. The molecule has 0 spiro atoms. The quantitative estimate of drug-likeness (QED) is 0.481. The molecule has 0 unspecified atom stereocenters. The second kappa shape index (κ2) is 6.47. The fraction of sp³-hybridized carbons (Fsp3) is 0.455. The zero-order valence-electron chi connectivity index (χ0n) is 10.1. The second-order valence-electron chi connectivity index (χ2n) is 3.53. The van der Waals surface area contributed by atoms with Gasteiger partial charge in [-0.2, -0.15) is 13.2 Å². The number of carbonyl (C=O) groups excluding carboxylic acids is 1. The van der Waals surface area contributed by atoms with Gasteiger partial charge < -0.3 is 4.74 Å². The van der Waals surface area contributed by atoms with Crippen LogP contribution < -0.4 is 0 Å². The van der Waals surface area contributed by atoms with E-state index in [1.54, 1.807) is 6.92 Å². The molecule has 1 atom stereocenters. The maximum absolute atomic E-state index is 12.6. The Morgan fingerprint density at radius 2 is 2.16 bits per heavy atom. The highest BCUT2D eigenvalue weighted by atomic mass is 35.5. The SMILES string of the molecule is CCOC(=O)[C@H](C)Sc1cc(C(F)(F)F)cc(Cl)n1. The van der Waals surface area contributed by atoms with Crippen LogP contribution in [-0.2, 0) is 15.7 Å². The number of halogens is 4. The number of rotatable bonds is 4. The fourth-order valence-corrected chi connectivity index (χ4v) is 2.32. The Kier molecular flexibility index (Phi) is 5.49. The molecule has 1 aromatic heterocycles. The minimum Gasteiger partial charge on any atom is -0.465 e. The van der Waals surface area contributed by atoms with Crippen molar-refractivity contribution < 1.29 is 22.7 Å². The van der Waals surface area contributed by atoms with Crippen LogP contribution in [0.4, 0.5) is 13.2 Å². The number of esters is 1. The maximum Gasteiger partial charge on any atom is 0.416 e. The van der Waals surface area contributed by atoms with Crippen molar-refractivity contribution in [2.45, 2.75) is 30.3 Å². The average molecular weight is 314 g/mol. The molecule has 106 valence electrons. The summed E-state index contributed by atoms with van der Waals surface area (Å²) in [5.41, 5.74) is -0.897. The molecule has 0 saturated carbocycles. The number of hydrogen-bond donors (Lipinski definition) is 0. The van der Waals surface area contributed by atoms with Gasteiger partial charge in [-0.25, -0.2) is 4.98 Å². The Morgan fingerprint density at radius 3 is 2.68 bits per heavy atom. The van der Waals surface area contributed by atoms with Gasteiger partial charge in [-0.15, -0.1) is 0 Å². The minimum atomic E-state index is -4.50. The zero-order valence-corrected chi connectivity index (χ0v) is 11.7. The van der Waals surface area contributed by atoms with Crippen molar-refractivity contribution in [3.05, 3.63) is 22.8 Å². The van der Waals surface area contributed by atoms with Gasteiger partial charge in [0.1, 0.15) is 10.4 Å². The van der Waals surface area contributed by atoms with Crippen molar-refractivity contribution in [3.8, 4) is 0 Å². The van der Waals surface area contributed by atoms with Gasteiger partial charge in [-0.05, 0) is 26.0 Å². The molecule has 0 fully saturated rings. The number of alkyl halides is 3. The summed E-state index contributed by atoms with van der Waals surface area (Å²) in [6, 6.07) is 1.59. The predicted molar refractivity (Wildman–Crippen MR) is 66.2 cm³/mol. The lowest BCUT2D eigenvalue weighted by Gasteiger charge is -2.12. The molecule has 8 heteroatoms. The standard InChI is InChI=1S/C11H11ClF3NO2S/c1-3-18-10(17)6(2)19-9-5-7(11(13,14)15)4-8(12)16-9/h4-6H,3H2,1-2H3/t6-/m0/s1. The number of nitrogens with zero attached hydrogens (tertiary/aromatic N) is 1. The van der Waals surface area contributed by atoms with Crippen LogP contribution >= 0.6 is 23.4 Å². The van der Waals surface area contributed by atoms with Gasteiger partial charge in [0.05, 0.1) is 17.2 Å². The molecular weight excluding hydrogens is 303 g/mol. The summed E-state index contributed by atoms with van der Waals surface area (Å²) in [5.74, 6) is -0.511. The summed E-state index contributed by atoms with van der Waals surface area (Å²) in [7, 11) is 0. The van der Waals surface area contributed by atoms with E-state index >= 15 is 0 Å². The van der Waals surface area contributed by atoms with E-state index in [1.807, 2.05) is 0 Å². The molecule has 3 nitrogen and oxygen atoms in total. The van der Waals surface area contributed by atoms with Crippen LogP contribution in [-0.4, -0.2) is 22.8 Å². The van der Waals surface area contributed by atoms with Crippen molar-refractivity contribution in [3.63, 3.8) is 0 Å². The predicted octanol–water partition coefficient (Wildman–Crippen LogP) is 3.80. The lowest BCUT2D eigenvalue weighted by molar-refractivity contribution is -0.142. The summed E-state index contributed by atoms with van der Waals surface area (Å²) < 4.78 is 42.5. The normalized spacial score (nSPS) is 13.2. The Morgan fingerprint density at radius 1 is 1.53 bits per heavy atom. The molecule has 19 heavy (non-hydrogen) atoms. The molecule has 0 N–H and O–H groups in total. The van der Waals surface area contributed by atoms with Gasteiger partial charge in [0, 0.05) is 0 Å². The molecule has 0 bridgehead atoms. The van der Waals surface area contributed by atoms with E-state index < -0.39 is 23.0 Å². The monoisotopic (exact) mass is 313 g/mol. The summed E-state index contributed by atoms with van der Waals surface area (Å²) in [6.07, 6.45) is -4.50. The summed E-state index contributed by atoms with van der Waals surface area (Å²) in [5, 5.41) is -0.902. The van der Waals surface area contributed by atoms with Crippen LogP contribution in [0.25, 0.3) is 0 Å². The Hall–Kier alpha value is -0.950. The lowest BCUT2D eigenvalue weighted by atomic mass is 10.3. The molecule has 0 aliphatic heterocycles. The number of ether oxygens (including phenoxy) is 1. The van der Waals surface area contributed by atoms with Gasteiger partial charge in [0.2, 0.25) is 0 Å². The number of carbonyl (C=O) groups is 1. The van der Waals surface area contributed by atoms with Crippen LogP contribution in [0.5, 0.6) is 0 Å². The van der Waals surface area contributed by atoms with E-state index in [1.165, 1.54) is 6.92 Å². The number of pyridine rings is 1. The van der Waals surface area contributed by atoms with E-state index in [4.69, 9.17) is 16.3 Å². The largest absolute Gasteiger partial charge is 0.465 e. The smallest absolute Gasteiger partial charge is 0.416 e.